The predicted octanol–water partition coefficient (Wildman–Crippen LogP) is 5.09. The number of ether oxygens (including phenoxy) is 1. The number of aromatic amines is 1. The molecule has 1 aromatic heterocycles. The number of hydrogen-bond acceptors (Lipinski definition) is 4. The quantitative estimate of drug-likeness (QED) is 0.404. The van der Waals surface area contributed by atoms with Gasteiger partial charge in [0.2, 0.25) is 5.91 Å². The number of nitrogens with zero attached hydrogens (tertiary/aromatic N) is 3. The van der Waals surface area contributed by atoms with Crippen molar-refractivity contribution in [1.82, 2.24) is 14.8 Å². The van der Waals surface area contributed by atoms with Crippen LogP contribution in [0.15, 0.2) is 48.7 Å². The maximum atomic E-state index is 13.6. The fourth-order valence-electron chi connectivity index (χ4n) is 5.24. The van der Waals surface area contributed by atoms with Crippen molar-refractivity contribution in [3.05, 3.63) is 60.0 Å². The van der Waals surface area contributed by atoms with Gasteiger partial charge >= 0.3 is 0 Å². The summed E-state index contributed by atoms with van der Waals surface area (Å²) in [4.78, 5) is 23.4. The maximum Gasteiger partial charge on any atom is 0.241 e. The fraction of sp³-hybridized carbons (Fsp3) is 0.483. The Labute approximate surface area is 214 Å². The van der Waals surface area contributed by atoms with Crippen LogP contribution in [-0.4, -0.2) is 73.1 Å². The summed E-state index contributed by atoms with van der Waals surface area (Å²) in [7, 11) is 1.65. The molecule has 0 aliphatic carbocycles. The third-order valence-corrected chi connectivity index (χ3v) is 7.22. The van der Waals surface area contributed by atoms with Crippen molar-refractivity contribution in [2.45, 2.75) is 45.6 Å². The molecule has 36 heavy (non-hydrogen) atoms. The third-order valence-electron chi connectivity index (χ3n) is 7.22. The number of nitrogens with one attached hydrogen (secondary N) is 1. The predicted molar refractivity (Wildman–Crippen MR) is 144 cm³/mol. The normalized spacial score (nSPS) is 15.8. The summed E-state index contributed by atoms with van der Waals surface area (Å²) >= 11 is 0. The van der Waals surface area contributed by atoms with Gasteiger partial charge in [-0.25, -0.2) is 4.39 Å². The Morgan fingerprint density at radius 3 is 2.67 bits per heavy atom. The number of aromatic nitrogens is 1. The molecule has 4 rings (SSSR count). The van der Waals surface area contributed by atoms with Gasteiger partial charge in [0, 0.05) is 61.1 Å². The van der Waals surface area contributed by atoms with E-state index in [4.69, 9.17) is 4.74 Å². The molecule has 7 heteroatoms. The Kier molecular flexibility index (Phi) is 8.99. The lowest BCUT2D eigenvalue weighted by Crippen LogP contribution is -2.51. The lowest BCUT2D eigenvalue weighted by atomic mass is 10.1. The fourth-order valence-corrected chi connectivity index (χ4v) is 5.24. The van der Waals surface area contributed by atoms with Gasteiger partial charge in [-0.2, -0.15) is 0 Å². The molecule has 1 amide bonds. The van der Waals surface area contributed by atoms with Gasteiger partial charge in [-0.3, -0.25) is 9.69 Å². The minimum absolute atomic E-state index is 0.133. The molecule has 1 aliphatic heterocycles. The van der Waals surface area contributed by atoms with Gasteiger partial charge in [0.1, 0.15) is 11.6 Å². The number of hydrogen-bond donors (Lipinski definition) is 1. The van der Waals surface area contributed by atoms with Crippen LogP contribution in [0.2, 0.25) is 0 Å². The molecule has 1 aliphatic rings. The van der Waals surface area contributed by atoms with E-state index < -0.39 is 0 Å². The molecule has 3 aromatic rings. The van der Waals surface area contributed by atoms with Crippen LogP contribution in [-0.2, 0) is 11.2 Å². The van der Waals surface area contributed by atoms with Gasteiger partial charge in [0.05, 0.1) is 13.7 Å². The Morgan fingerprint density at radius 1 is 1.14 bits per heavy atom. The average molecular weight is 495 g/mol. The topological polar surface area (TPSA) is 51.8 Å². The number of benzene rings is 2. The summed E-state index contributed by atoms with van der Waals surface area (Å²) in [5.74, 6) is 0.715. The number of fused-ring (bicyclic) bond motifs is 1. The minimum Gasteiger partial charge on any atom is -0.497 e. The molecule has 6 nitrogen and oxygen atoms in total. The minimum atomic E-state index is -0.192. The van der Waals surface area contributed by atoms with Gasteiger partial charge in [-0.05, 0) is 68.6 Å². The molecule has 2 aromatic carbocycles. The molecular formula is C29H39FN4O2. The first-order valence-electron chi connectivity index (χ1n) is 13.1. The highest BCUT2D eigenvalue weighted by atomic mass is 19.1. The van der Waals surface area contributed by atoms with Crippen molar-refractivity contribution in [2.75, 3.05) is 51.3 Å². The molecule has 1 unspecified atom stereocenters. The van der Waals surface area contributed by atoms with E-state index in [1.54, 1.807) is 19.2 Å². The number of amides is 1. The molecular weight excluding hydrogens is 455 g/mol. The molecule has 1 N–H and O–H groups in total. The van der Waals surface area contributed by atoms with E-state index in [0.717, 1.165) is 80.7 Å². The van der Waals surface area contributed by atoms with Crippen molar-refractivity contribution < 1.29 is 13.9 Å². The molecule has 0 saturated carbocycles. The Balaban J connectivity index is 1.27. The molecule has 2 heterocycles. The Morgan fingerprint density at radius 2 is 1.92 bits per heavy atom. The van der Waals surface area contributed by atoms with Crippen LogP contribution in [0.1, 0.15) is 38.7 Å². The van der Waals surface area contributed by atoms with Crippen LogP contribution in [0.3, 0.4) is 0 Å². The highest BCUT2D eigenvalue weighted by Gasteiger charge is 2.26. The van der Waals surface area contributed by atoms with Crippen molar-refractivity contribution in [3.8, 4) is 5.75 Å². The zero-order valence-electron chi connectivity index (χ0n) is 21.8. The molecule has 1 saturated heterocycles. The highest BCUT2D eigenvalue weighted by molar-refractivity contribution is 5.95. The first-order chi connectivity index (χ1) is 17.5. The van der Waals surface area contributed by atoms with Crippen molar-refractivity contribution in [3.63, 3.8) is 0 Å². The summed E-state index contributed by atoms with van der Waals surface area (Å²) in [6.45, 7) is 9.41. The van der Waals surface area contributed by atoms with Crippen LogP contribution in [0.4, 0.5) is 10.1 Å². The Hall–Kier alpha value is -2.90. The number of halogens is 1. The van der Waals surface area contributed by atoms with Crippen molar-refractivity contribution in [2.24, 2.45) is 0 Å². The number of aryl methyl sites for hydroxylation is 1. The summed E-state index contributed by atoms with van der Waals surface area (Å²) in [6, 6.07) is 12.8. The summed E-state index contributed by atoms with van der Waals surface area (Å²) in [5, 5.41) is 0.983. The zero-order chi connectivity index (χ0) is 25.5. The lowest BCUT2D eigenvalue weighted by Gasteiger charge is -2.36. The SMILES string of the molecule is CCCC(C)N(C(=O)CN1CCN(CCCc2c[nH]c3ccc(F)cc23)CC1)c1cccc(OC)c1. The van der Waals surface area contributed by atoms with Crippen molar-refractivity contribution >= 4 is 22.5 Å². The summed E-state index contributed by atoms with van der Waals surface area (Å²) < 4.78 is 19.0. The molecule has 0 radical (unpaired) electrons. The number of carbonyl (C=O) groups is 1. The van der Waals surface area contributed by atoms with E-state index in [9.17, 15) is 9.18 Å². The van der Waals surface area contributed by atoms with E-state index in [1.807, 2.05) is 35.4 Å². The number of anilines is 1. The number of piperazine rings is 1. The number of carbonyl (C=O) groups excluding carboxylic acids is 1. The first kappa shape index (κ1) is 26.2. The van der Waals surface area contributed by atoms with Crippen LogP contribution in [0.5, 0.6) is 5.75 Å². The lowest BCUT2D eigenvalue weighted by molar-refractivity contribution is -0.120. The van der Waals surface area contributed by atoms with E-state index in [0.29, 0.717) is 6.54 Å². The maximum absolute atomic E-state index is 13.6. The van der Waals surface area contributed by atoms with Crippen molar-refractivity contribution in [1.29, 1.82) is 0 Å². The van der Waals surface area contributed by atoms with E-state index in [-0.39, 0.29) is 17.8 Å². The van der Waals surface area contributed by atoms with E-state index >= 15 is 0 Å². The smallest absolute Gasteiger partial charge is 0.241 e. The molecule has 0 spiro atoms. The number of rotatable bonds is 11. The Bertz CT molecular complexity index is 1140. The van der Waals surface area contributed by atoms with Crippen LogP contribution >= 0.6 is 0 Å². The van der Waals surface area contributed by atoms with Gasteiger partial charge in [0.25, 0.3) is 0 Å². The third kappa shape index (κ3) is 6.45. The van der Waals surface area contributed by atoms with Crippen LogP contribution < -0.4 is 9.64 Å². The number of H-pyrrole nitrogens is 1. The monoisotopic (exact) mass is 494 g/mol. The van der Waals surface area contributed by atoms with Gasteiger partial charge in [0.15, 0.2) is 0 Å². The molecule has 194 valence electrons. The first-order valence-corrected chi connectivity index (χ1v) is 13.1. The standard InChI is InChI=1S/C29H39FN4O2/c1-4-7-22(2)34(25-9-5-10-26(19-25)36-3)29(35)21-33-16-14-32(15-17-33)13-6-8-23-20-31-28-12-11-24(30)18-27(23)28/h5,9-12,18-20,22,31H,4,6-8,13-17,21H2,1-3H3. The van der Waals surface area contributed by atoms with E-state index in [2.05, 4.69) is 28.6 Å². The van der Waals surface area contributed by atoms with Crippen LogP contribution in [0, 0.1) is 5.82 Å². The summed E-state index contributed by atoms with van der Waals surface area (Å²) in [5.41, 5.74) is 3.06. The van der Waals surface area contributed by atoms with E-state index in [1.165, 1.54) is 11.6 Å². The van der Waals surface area contributed by atoms with Gasteiger partial charge in [-0.15, -0.1) is 0 Å². The molecule has 1 fully saturated rings. The van der Waals surface area contributed by atoms with Gasteiger partial charge in [-0.1, -0.05) is 19.4 Å². The second-order valence-corrected chi connectivity index (χ2v) is 9.83. The second kappa shape index (κ2) is 12.4. The van der Waals surface area contributed by atoms with Crippen LogP contribution in [0.25, 0.3) is 10.9 Å². The second-order valence-electron chi connectivity index (χ2n) is 9.83. The number of methoxy groups -OCH3 is 1. The highest BCUT2D eigenvalue weighted by Crippen LogP contribution is 2.25. The largest absolute Gasteiger partial charge is 0.497 e. The zero-order valence-corrected chi connectivity index (χ0v) is 21.8. The average Bonchev–Trinajstić information content (AvgIpc) is 3.27. The molecule has 1 atom stereocenters. The van der Waals surface area contributed by atoms with Gasteiger partial charge < -0.3 is 19.5 Å². The summed E-state index contributed by atoms with van der Waals surface area (Å²) in [6.07, 6.45) is 5.94. The molecule has 0 bridgehead atoms.